The van der Waals surface area contributed by atoms with Gasteiger partial charge in [-0.05, 0) is 51.0 Å². The molecule has 2 aliphatic rings. The number of piperazine rings is 1. The first-order valence-electron chi connectivity index (χ1n) is 11.2. The molecule has 1 fully saturated rings. The molecule has 0 N–H and O–H groups in total. The Labute approximate surface area is 181 Å². The fourth-order valence-corrected chi connectivity index (χ4v) is 4.84. The molecule has 0 saturated carbocycles. The Hall–Kier alpha value is -2.43. The topological polar surface area (TPSA) is 18.8 Å². The van der Waals surface area contributed by atoms with Crippen molar-refractivity contribution in [1.29, 1.82) is 0 Å². The van der Waals surface area contributed by atoms with Gasteiger partial charge in [-0.2, -0.15) is 4.59 Å². The van der Waals surface area contributed by atoms with Gasteiger partial charge in [0, 0.05) is 43.5 Å². The molecule has 30 heavy (non-hydrogen) atoms. The number of nitrogens with zero attached hydrogens (tertiary/aromatic N) is 4. The van der Waals surface area contributed by atoms with Crippen LogP contribution in [0.15, 0.2) is 59.3 Å². The summed E-state index contributed by atoms with van der Waals surface area (Å²) in [5, 5.41) is 5.19. The zero-order chi connectivity index (χ0) is 21.3. The number of allylic oxidation sites excluding steroid dienone is 1. The van der Waals surface area contributed by atoms with E-state index in [1.807, 2.05) is 0 Å². The molecule has 0 radical (unpaired) electrons. The highest BCUT2D eigenvalue weighted by atomic mass is 15.6. The van der Waals surface area contributed by atoms with Crippen LogP contribution in [0.3, 0.4) is 0 Å². The predicted molar refractivity (Wildman–Crippen MR) is 127 cm³/mol. The maximum atomic E-state index is 5.19. The van der Waals surface area contributed by atoms with Gasteiger partial charge in [-0.1, -0.05) is 41.0 Å². The number of anilines is 1. The van der Waals surface area contributed by atoms with E-state index in [1.54, 1.807) is 0 Å². The number of benzene rings is 2. The second kappa shape index (κ2) is 8.37. The lowest BCUT2D eigenvalue weighted by molar-refractivity contribution is -0.875. The number of para-hydroxylation sites is 1. The van der Waals surface area contributed by atoms with Gasteiger partial charge in [0.05, 0.1) is 13.6 Å². The zero-order valence-electron chi connectivity index (χ0n) is 19.2. The molecule has 2 heterocycles. The van der Waals surface area contributed by atoms with Crippen molar-refractivity contribution in [1.82, 2.24) is 4.90 Å². The number of rotatable bonds is 5. The van der Waals surface area contributed by atoms with Crippen LogP contribution < -0.4 is 4.90 Å². The van der Waals surface area contributed by atoms with Crippen molar-refractivity contribution in [2.45, 2.75) is 27.7 Å². The average Bonchev–Trinajstić information content (AvgIpc) is 3.05. The molecule has 2 aliphatic heterocycles. The Kier molecular flexibility index (Phi) is 5.81. The quantitative estimate of drug-likeness (QED) is 0.685. The summed E-state index contributed by atoms with van der Waals surface area (Å²) in [6.07, 6.45) is 2.36. The second-order valence-corrected chi connectivity index (χ2v) is 8.95. The van der Waals surface area contributed by atoms with Crippen LogP contribution >= 0.6 is 0 Å². The standard InChI is InChI=1S/C26H35N4/c1-6-30(5)24(18-25(27-30)26-21(3)16-20(2)17-22(26)4)19-28-12-14-29(15-13-28)23-10-8-7-9-11-23/h7-11,16-18H,6,12-15,19H2,1-5H3/q+1. The number of aryl methyl sites for hydroxylation is 3. The molecule has 0 amide bonds. The molecule has 4 rings (SSSR count). The lowest BCUT2D eigenvalue weighted by Crippen LogP contribution is -2.49. The summed E-state index contributed by atoms with van der Waals surface area (Å²) >= 11 is 0. The summed E-state index contributed by atoms with van der Waals surface area (Å²) in [7, 11) is 2.25. The minimum Gasteiger partial charge on any atom is -0.369 e. The Morgan fingerprint density at radius 2 is 1.57 bits per heavy atom. The molecule has 2 aromatic carbocycles. The minimum absolute atomic E-state index is 0.668. The van der Waals surface area contributed by atoms with Crippen LogP contribution in [0.4, 0.5) is 5.69 Å². The van der Waals surface area contributed by atoms with Gasteiger partial charge in [-0.25, -0.2) is 0 Å². The molecule has 0 spiro atoms. The van der Waals surface area contributed by atoms with E-state index < -0.39 is 0 Å². The van der Waals surface area contributed by atoms with E-state index >= 15 is 0 Å². The molecule has 1 unspecified atom stereocenters. The smallest absolute Gasteiger partial charge is 0.151 e. The molecule has 0 aromatic heterocycles. The highest BCUT2D eigenvalue weighted by Gasteiger charge is 2.35. The SMILES string of the molecule is CC[N+]1(C)N=C(c2c(C)cc(C)cc2C)C=C1CN1CCN(c2ccccc2)CC1. The van der Waals surface area contributed by atoms with Crippen molar-refractivity contribution < 1.29 is 4.59 Å². The summed E-state index contributed by atoms with van der Waals surface area (Å²) in [6.45, 7) is 15.1. The van der Waals surface area contributed by atoms with Crippen LogP contribution in [0.1, 0.15) is 29.2 Å². The molecule has 4 nitrogen and oxygen atoms in total. The van der Waals surface area contributed by atoms with Gasteiger partial charge in [0.2, 0.25) is 0 Å². The van der Waals surface area contributed by atoms with E-state index in [0.29, 0.717) is 4.59 Å². The number of hydrogen-bond acceptors (Lipinski definition) is 3. The van der Waals surface area contributed by atoms with Crippen molar-refractivity contribution in [2.75, 3.05) is 51.2 Å². The molecule has 4 heteroatoms. The van der Waals surface area contributed by atoms with Crippen molar-refractivity contribution in [2.24, 2.45) is 5.10 Å². The fraction of sp³-hybridized carbons (Fsp3) is 0.423. The van der Waals surface area contributed by atoms with Crippen LogP contribution in [0, 0.1) is 20.8 Å². The normalized spacial score (nSPS) is 22.2. The van der Waals surface area contributed by atoms with Gasteiger partial charge in [0.15, 0.2) is 5.70 Å². The third-order valence-electron chi connectivity index (χ3n) is 6.68. The predicted octanol–water partition coefficient (Wildman–Crippen LogP) is 4.50. The van der Waals surface area contributed by atoms with E-state index in [-0.39, 0.29) is 0 Å². The maximum Gasteiger partial charge on any atom is 0.151 e. The Bertz CT molecular complexity index is 945. The Balaban J connectivity index is 1.50. The van der Waals surface area contributed by atoms with Crippen molar-refractivity contribution in [3.63, 3.8) is 0 Å². The van der Waals surface area contributed by atoms with Crippen LogP contribution in [0.25, 0.3) is 0 Å². The summed E-state index contributed by atoms with van der Waals surface area (Å²) in [5.41, 5.74) is 9.16. The molecule has 1 atom stereocenters. The summed E-state index contributed by atoms with van der Waals surface area (Å²) in [5.74, 6) is 0. The Morgan fingerprint density at radius 3 is 2.17 bits per heavy atom. The van der Waals surface area contributed by atoms with Gasteiger partial charge in [0.1, 0.15) is 12.3 Å². The third-order valence-corrected chi connectivity index (χ3v) is 6.68. The summed E-state index contributed by atoms with van der Waals surface area (Å²) in [4.78, 5) is 5.08. The van der Waals surface area contributed by atoms with Gasteiger partial charge < -0.3 is 4.90 Å². The fourth-order valence-electron chi connectivity index (χ4n) is 4.84. The first-order chi connectivity index (χ1) is 14.4. The first-order valence-corrected chi connectivity index (χ1v) is 11.2. The molecule has 1 saturated heterocycles. The molecular weight excluding hydrogens is 368 g/mol. The van der Waals surface area contributed by atoms with E-state index in [9.17, 15) is 0 Å². The largest absolute Gasteiger partial charge is 0.369 e. The van der Waals surface area contributed by atoms with Gasteiger partial charge in [0.25, 0.3) is 0 Å². The lowest BCUT2D eigenvalue weighted by atomic mass is 9.96. The van der Waals surface area contributed by atoms with Crippen LogP contribution in [-0.2, 0) is 0 Å². The van der Waals surface area contributed by atoms with E-state index in [4.69, 9.17) is 5.10 Å². The maximum absolute atomic E-state index is 5.19. The number of hydrogen-bond donors (Lipinski definition) is 0. The van der Waals surface area contributed by atoms with Gasteiger partial charge in [-0.3, -0.25) is 4.90 Å². The molecule has 0 aliphatic carbocycles. The van der Waals surface area contributed by atoms with Gasteiger partial charge >= 0.3 is 0 Å². The highest BCUT2D eigenvalue weighted by molar-refractivity contribution is 6.11. The summed E-state index contributed by atoms with van der Waals surface area (Å²) in [6, 6.07) is 15.3. The minimum atomic E-state index is 0.668. The van der Waals surface area contributed by atoms with E-state index in [0.717, 1.165) is 45.0 Å². The highest BCUT2D eigenvalue weighted by Crippen LogP contribution is 2.29. The van der Waals surface area contributed by atoms with Crippen molar-refractivity contribution >= 4 is 11.4 Å². The van der Waals surface area contributed by atoms with Crippen LogP contribution in [0.5, 0.6) is 0 Å². The summed E-state index contributed by atoms with van der Waals surface area (Å²) < 4.78 is 0.668. The van der Waals surface area contributed by atoms with Crippen molar-refractivity contribution in [3.05, 3.63) is 76.5 Å². The molecule has 2 aromatic rings. The van der Waals surface area contributed by atoms with E-state index in [1.165, 1.54) is 33.6 Å². The number of likely N-dealkylation sites (N-methyl/N-ethyl adjacent to an activating group) is 1. The zero-order valence-corrected chi connectivity index (χ0v) is 19.2. The number of quaternary nitrogens is 1. The van der Waals surface area contributed by atoms with Gasteiger partial charge in [-0.15, -0.1) is 0 Å². The molecular formula is C26H35N4+. The second-order valence-electron chi connectivity index (χ2n) is 8.95. The van der Waals surface area contributed by atoms with Crippen molar-refractivity contribution in [3.8, 4) is 0 Å². The first kappa shape index (κ1) is 20.8. The molecule has 158 valence electrons. The van der Waals surface area contributed by atoms with E-state index in [2.05, 4.69) is 93.1 Å². The van der Waals surface area contributed by atoms with Crippen LogP contribution in [-0.4, -0.2) is 61.5 Å². The lowest BCUT2D eigenvalue weighted by Gasteiger charge is -2.37. The Morgan fingerprint density at radius 1 is 0.933 bits per heavy atom. The third kappa shape index (κ3) is 4.07. The monoisotopic (exact) mass is 403 g/mol. The van der Waals surface area contributed by atoms with Crippen LogP contribution in [0.2, 0.25) is 0 Å². The average molecular weight is 404 g/mol. The molecule has 0 bridgehead atoms.